The molecule has 1 saturated heterocycles. The van der Waals surface area contributed by atoms with Crippen molar-refractivity contribution in [2.45, 2.75) is 43.5 Å². The average molecular weight is 484 g/mol. The van der Waals surface area contributed by atoms with E-state index < -0.39 is 46.9 Å². The fraction of sp³-hybridized carbons (Fsp3) is 0.615. The first-order valence-electron chi connectivity index (χ1n) is 8.92. The molecule has 1 saturated carbocycles. The number of imidazole rings is 1. The van der Waals surface area contributed by atoms with Gasteiger partial charge in [-0.2, -0.15) is 14.3 Å². The van der Waals surface area contributed by atoms with Crippen LogP contribution >= 0.6 is 15.6 Å². The number of phosphoric acid groups is 2. The number of rotatable bonds is 8. The molecular weight excluding hydrogens is 465 g/mol. The van der Waals surface area contributed by atoms with Crippen LogP contribution in [0.1, 0.15) is 19.1 Å². The minimum atomic E-state index is -5.33. The molecule has 172 valence electrons. The number of anilines is 2. The Bertz CT molecular complexity index is 1080. The Labute approximate surface area is 173 Å². The third kappa shape index (κ3) is 5.03. The number of nitrogen functional groups attached to an aromatic ring is 1. The summed E-state index contributed by atoms with van der Waals surface area (Å²) < 4.78 is 51.7. The standard InChI is InChI=1S/C13H19FN6O9P2/c14-7-9(21)6(3-27-31(25,26)29-30(22,23)24)28-12(7)20-4-16-8-10(17-5-1-2-5)18-13(15)19-11(8)20/h4-7,9,12,21H,1-3H2,(H,25,26)(H2,22,23,24)(H3,15,17,18,19)/t6-,7-,9-,12-/m1/s1. The first kappa shape index (κ1) is 22.5. The van der Waals surface area contributed by atoms with E-state index in [2.05, 4.69) is 29.1 Å². The summed E-state index contributed by atoms with van der Waals surface area (Å²) >= 11 is 0. The molecule has 7 N–H and O–H groups in total. The first-order chi connectivity index (χ1) is 14.4. The van der Waals surface area contributed by atoms with Gasteiger partial charge in [0.2, 0.25) is 5.95 Å². The van der Waals surface area contributed by atoms with E-state index in [9.17, 15) is 23.5 Å². The molecule has 2 aliphatic rings. The van der Waals surface area contributed by atoms with Gasteiger partial charge in [-0.15, -0.1) is 0 Å². The van der Waals surface area contributed by atoms with E-state index >= 15 is 0 Å². The number of ether oxygens (including phenoxy) is 1. The predicted octanol–water partition coefficient (Wildman–Crippen LogP) is -0.195. The van der Waals surface area contributed by atoms with Crippen LogP contribution in [-0.2, 0) is 22.7 Å². The molecule has 5 atom stereocenters. The highest BCUT2D eigenvalue weighted by Crippen LogP contribution is 2.57. The second-order valence-corrected chi connectivity index (χ2v) is 9.84. The highest BCUT2D eigenvalue weighted by atomic mass is 31.3. The van der Waals surface area contributed by atoms with Crippen LogP contribution in [0.25, 0.3) is 11.2 Å². The van der Waals surface area contributed by atoms with Crippen molar-refractivity contribution in [2.75, 3.05) is 17.7 Å². The summed E-state index contributed by atoms with van der Waals surface area (Å²) in [6.45, 7) is -0.899. The number of aliphatic hydroxyl groups excluding tert-OH is 1. The van der Waals surface area contributed by atoms with Gasteiger partial charge in [0.25, 0.3) is 0 Å². The number of aromatic nitrogens is 4. The summed E-state index contributed by atoms with van der Waals surface area (Å²) in [7, 11) is -10.5. The summed E-state index contributed by atoms with van der Waals surface area (Å²) in [4.78, 5) is 38.9. The summed E-state index contributed by atoms with van der Waals surface area (Å²) in [6.07, 6.45) is -3.61. The van der Waals surface area contributed by atoms with Crippen LogP contribution in [0.5, 0.6) is 0 Å². The Morgan fingerprint density at radius 3 is 2.68 bits per heavy atom. The van der Waals surface area contributed by atoms with Crippen molar-refractivity contribution in [1.82, 2.24) is 19.5 Å². The maximum atomic E-state index is 14.8. The molecule has 31 heavy (non-hydrogen) atoms. The number of alkyl halides is 1. The van der Waals surface area contributed by atoms with Gasteiger partial charge < -0.3 is 35.6 Å². The molecule has 4 rings (SSSR count). The molecule has 2 aromatic rings. The first-order valence-corrected chi connectivity index (χ1v) is 11.9. The number of nitrogens with zero attached hydrogens (tertiary/aromatic N) is 4. The van der Waals surface area contributed by atoms with Crippen molar-refractivity contribution in [1.29, 1.82) is 0 Å². The lowest BCUT2D eigenvalue weighted by Gasteiger charge is -2.17. The van der Waals surface area contributed by atoms with Crippen LogP contribution in [0, 0.1) is 0 Å². The van der Waals surface area contributed by atoms with Gasteiger partial charge in [-0.3, -0.25) is 9.09 Å². The van der Waals surface area contributed by atoms with E-state index in [1.165, 1.54) is 10.9 Å². The number of hydrogen-bond acceptors (Lipinski definition) is 11. The molecule has 1 unspecified atom stereocenters. The van der Waals surface area contributed by atoms with Gasteiger partial charge in [-0.05, 0) is 12.8 Å². The number of aliphatic hydroxyl groups is 1. The second kappa shape index (κ2) is 7.99. The van der Waals surface area contributed by atoms with E-state index in [4.69, 9.17) is 20.3 Å². The summed E-state index contributed by atoms with van der Waals surface area (Å²) in [5.74, 6) is 0.274. The summed E-state index contributed by atoms with van der Waals surface area (Å²) in [5, 5.41) is 13.3. The lowest BCUT2D eigenvalue weighted by Crippen LogP contribution is -2.31. The van der Waals surface area contributed by atoms with Crippen molar-refractivity contribution in [3.05, 3.63) is 6.33 Å². The summed E-state index contributed by atoms with van der Waals surface area (Å²) in [6, 6.07) is 0.229. The molecule has 0 spiro atoms. The molecule has 3 heterocycles. The van der Waals surface area contributed by atoms with Gasteiger partial charge in [0.15, 0.2) is 29.4 Å². The Balaban J connectivity index is 1.53. The minimum absolute atomic E-state index is 0.0953. The fourth-order valence-electron chi connectivity index (χ4n) is 3.03. The van der Waals surface area contributed by atoms with Crippen LogP contribution in [0.2, 0.25) is 0 Å². The zero-order valence-electron chi connectivity index (χ0n) is 15.6. The Hall–Kier alpha value is -1.74. The molecule has 2 fully saturated rings. The molecule has 0 radical (unpaired) electrons. The monoisotopic (exact) mass is 484 g/mol. The van der Waals surface area contributed by atoms with Crippen LogP contribution in [0.3, 0.4) is 0 Å². The zero-order chi connectivity index (χ0) is 22.6. The van der Waals surface area contributed by atoms with Gasteiger partial charge in [0.1, 0.15) is 12.2 Å². The molecule has 2 aromatic heterocycles. The summed E-state index contributed by atoms with van der Waals surface area (Å²) in [5.41, 5.74) is 6.18. The molecule has 18 heteroatoms. The van der Waals surface area contributed by atoms with E-state index in [1.807, 2.05) is 0 Å². The van der Waals surface area contributed by atoms with Crippen LogP contribution < -0.4 is 11.1 Å². The van der Waals surface area contributed by atoms with Gasteiger partial charge in [0, 0.05) is 6.04 Å². The molecule has 15 nitrogen and oxygen atoms in total. The molecule has 0 aromatic carbocycles. The third-order valence-electron chi connectivity index (χ3n) is 4.54. The smallest absolute Gasteiger partial charge is 0.387 e. The molecule has 1 aliphatic carbocycles. The van der Waals surface area contributed by atoms with Gasteiger partial charge >= 0.3 is 15.6 Å². The lowest BCUT2D eigenvalue weighted by molar-refractivity contribution is -0.0450. The molecule has 0 amide bonds. The highest BCUT2D eigenvalue weighted by Gasteiger charge is 2.47. The SMILES string of the molecule is Nc1nc(NC2CC2)c2ncn([C@@H]3O[C@H](COP(=O)(O)OP(=O)(O)O)[C@@H](O)[C@H]3F)c2n1. The van der Waals surface area contributed by atoms with Gasteiger partial charge in [-0.25, -0.2) is 18.5 Å². The molecule has 0 bridgehead atoms. The van der Waals surface area contributed by atoms with Crippen molar-refractivity contribution < 1.29 is 46.9 Å². The average Bonchev–Trinajstić information content (AvgIpc) is 3.28. The Morgan fingerprint density at radius 2 is 2.03 bits per heavy atom. The zero-order valence-corrected chi connectivity index (χ0v) is 17.3. The second-order valence-electron chi connectivity index (χ2n) is 7.01. The quantitative estimate of drug-likeness (QED) is 0.267. The van der Waals surface area contributed by atoms with E-state index in [0.29, 0.717) is 11.3 Å². The van der Waals surface area contributed by atoms with Crippen molar-refractivity contribution in [3.8, 4) is 0 Å². The van der Waals surface area contributed by atoms with E-state index in [0.717, 1.165) is 12.8 Å². The van der Waals surface area contributed by atoms with Gasteiger partial charge in [0.05, 0.1) is 12.9 Å². The third-order valence-corrected chi connectivity index (χ3v) is 6.69. The maximum Gasteiger partial charge on any atom is 0.481 e. The fourth-order valence-corrected chi connectivity index (χ4v) is 4.63. The number of fused-ring (bicyclic) bond motifs is 1. The maximum absolute atomic E-state index is 14.8. The molecule has 1 aliphatic heterocycles. The Morgan fingerprint density at radius 1 is 1.32 bits per heavy atom. The number of nitrogens with one attached hydrogen (secondary N) is 1. The van der Waals surface area contributed by atoms with Crippen molar-refractivity contribution in [2.24, 2.45) is 0 Å². The van der Waals surface area contributed by atoms with Crippen LogP contribution in [0.4, 0.5) is 16.2 Å². The van der Waals surface area contributed by atoms with Crippen LogP contribution in [-0.4, -0.2) is 70.3 Å². The van der Waals surface area contributed by atoms with Gasteiger partial charge in [-0.1, -0.05) is 0 Å². The molecular formula is C13H19FN6O9P2. The Kier molecular flexibility index (Phi) is 5.79. The minimum Gasteiger partial charge on any atom is -0.387 e. The van der Waals surface area contributed by atoms with Crippen molar-refractivity contribution in [3.63, 3.8) is 0 Å². The van der Waals surface area contributed by atoms with Crippen LogP contribution in [0.15, 0.2) is 6.33 Å². The number of hydrogen-bond donors (Lipinski definition) is 6. The number of halogens is 1. The normalized spacial score (nSPS) is 28.7. The highest BCUT2D eigenvalue weighted by molar-refractivity contribution is 7.60. The largest absolute Gasteiger partial charge is 0.481 e. The lowest BCUT2D eigenvalue weighted by atomic mass is 10.1. The number of nitrogens with two attached hydrogens (primary N) is 1. The number of phosphoric ester groups is 1. The van der Waals surface area contributed by atoms with E-state index in [1.54, 1.807) is 0 Å². The van der Waals surface area contributed by atoms with Crippen molar-refractivity contribution >= 4 is 38.6 Å². The predicted molar refractivity (Wildman–Crippen MR) is 100 cm³/mol. The topological polar surface area (TPSA) is 224 Å². The van der Waals surface area contributed by atoms with E-state index in [-0.39, 0.29) is 17.6 Å².